The van der Waals surface area contributed by atoms with E-state index in [2.05, 4.69) is 5.32 Å². The standard InChI is InChI=1S/C14H24N2O4/c1-20-8-6-14(4-5-14)10-15-13(19)16-7-2-3-11(9-16)12(17)18/h11H,2-10H2,1H3,(H,15,19)(H,17,18). The molecule has 1 saturated carbocycles. The number of carboxylic acid groups (broad SMARTS) is 1. The highest BCUT2D eigenvalue weighted by molar-refractivity contribution is 5.76. The molecule has 0 aromatic heterocycles. The number of methoxy groups -OCH3 is 1. The van der Waals surface area contributed by atoms with E-state index in [9.17, 15) is 9.59 Å². The maximum Gasteiger partial charge on any atom is 0.317 e. The van der Waals surface area contributed by atoms with E-state index in [4.69, 9.17) is 9.84 Å². The van der Waals surface area contributed by atoms with Crippen molar-refractivity contribution in [3.8, 4) is 0 Å². The molecule has 1 saturated heterocycles. The molecule has 2 N–H and O–H groups in total. The van der Waals surface area contributed by atoms with Gasteiger partial charge in [0.05, 0.1) is 5.92 Å². The molecule has 6 heteroatoms. The molecule has 2 fully saturated rings. The van der Waals surface area contributed by atoms with Gasteiger partial charge in [-0.05, 0) is 37.5 Å². The van der Waals surface area contributed by atoms with Crippen LogP contribution in [0.4, 0.5) is 4.79 Å². The fourth-order valence-corrected chi connectivity index (χ4v) is 2.75. The number of hydrogen-bond donors (Lipinski definition) is 2. The summed E-state index contributed by atoms with van der Waals surface area (Å²) in [6.07, 6.45) is 4.67. The van der Waals surface area contributed by atoms with E-state index in [0.29, 0.717) is 26.1 Å². The van der Waals surface area contributed by atoms with Gasteiger partial charge in [-0.1, -0.05) is 0 Å². The second kappa shape index (κ2) is 6.43. The highest BCUT2D eigenvalue weighted by atomic mass is 16.5. The van der Waals surface area contributed by atoms with Gasteiger partial charge in [-0.3, -0.25) is 4.79 Å². The average Bonchev–Trinajstić information content (AvgIpc) is 3.23. The zero-order valence-corrected chi connectivity index (χ0v) is 12.1. The third kappa shape index (κ3) is 3.85. The number of likely N-dealkylation sites (tertiary alicyclic amines) is 1. The molecule has 1 unspecified atom stereocenters. The molecule has 6 nitrogen and oxygen atoms in total. The van der Waals surface area contributed by atoms with Crippen molar-refractivity contribution >= 4 is 12.0 Å². The predicted molar refractivity (Wildman–Crippen MR) is 73.5 cm³/mol. The van der Waals surface area contributed by atoms with E-state index < -0.39 is 11.9 Å². The second-order valence-corrected chi connectivity index (χ2v) is 6.02. The van der Waals surface area contributed by atoms with E-state index >= 15 is 0 Å². The van der Waals surface area contributed by atoms with Crippen molar-refractivity contribution in [2.24, 2.45) is 11.3 Å². The highest BCUT2D eigenvalue weighted by Crippen LogP contribution is 2.48. The normalized spacial score (nSPS) is 24.2. The van der Waals surface area contributed by atoms with Gasteiger partial charge in [-0.15, -0.1) is 0 Å². The van der Waals surface area contributed by atoms with Gasteiger partial charge in [0.2, 0.25) is 0 Å². The molecule has 0 radical (unpaired) electrons. The Hall–Kier alpha value is -1.30. The lowest BCUT2D eigenvalue weighted by atomic mass is 9.98. The summed E-state index contributed by atoms with van der Waals surface area (Å²) in [6.45, 7) is 2.37. The summed E-state index contributed by atoms with van der Waals surface area (Å²) < 4.78 is 5.09. The van der Waals surface area contributed by atoms with Gasteiger partial charge in [-0.2, -0.15) is 0 Å². The molecule has 1 aliphatic carbocycles. The summed E-state index contributed by atoms with van der Waals surface area (Å²) in [7, 11) is 1.69. The van der Waals surface area contributed by atoms with Crippen LogP contribution in [0, 0.1) is 11.3 Å². The van der Waals surface area contributed by atoms with Gasteiger partial charge in [0, 0.05) is 33.4 Å². The molecular formula is C14H24N2O4. The molecule has 1 atom stereocenters. The average molecular weight is 284 g/mol. The first-order chi connectivity index (χ1) is 9.56. The Bertz CT molecular complexity index is 368. The van der Waals surface area contributed by atoms with Crippen LogP contribution in [0.15, 0.2) is 0 Å². The third-order valence-corrected chi connectivity index (χ3v) is 4.47. The maximum atomic E-state index is 12.1. The summed E-state index contributed by atoms with van der Waals surface area (Å²) in [5.41, 5.74) is 0.216. The van der Waals surface area contributed by atoms with Crippen molar-refractivity contribution in [1.82, 2.24) is 10.2 Å². The first-order valence-electron chi connectivity index (χ1n) is 7.31. The smallest absolute Gasteiger partial charge is 0.317 e. The Kier molecular flexibility index (Phi) is 4.86. The lowest BCUT2D eigenvalue weighted by Crippen LogP contribution is -2.48. The van der Waals surface area contributed by atoms with Crippen molar-refractivity contribution in [1.29, 1.82) is 0 Å². The van der Waals surface area contributed by atoms with Crippen molar-refractivity contribution < 1.29 is 19.4 Å². The van der Waals surface area contributed by atoms with Crippen LogP contribution in [0.5, 0.6) is 0 Å². The molecular weight excluding hydrogens is 260 g/mol. The number of carboxylic acids is 1. The zero-order chi connectivity index (χ0) is 14.6. The van der Waals surface area contributed by atoms with Crippen molar-refractivity contribution in [3.05, 3.63) is 0 Å². The van der Waals surface area contributed by atoms with E-state index in [1.165, 1.54) is 0 Å². The first kappa shape index (κ1) is 15.1. The first-order valence-corrected chi connectivity index (χ1v) is 7.31. The minimum atomic E-state index is -0.804. The number of piperidine rings is 1. The van der Waals surface area contributed by atoms with Crippen LogP contribution in [-0.2, 0) is 9.53 Å². The number of ether oxygens (including phenoxy) is 1. The minimum Gasteiger partial charge on any atom is -0.481 e. The summed E-state index contributed by atoms with van der Waals surface area (Å²) in [5.74, 6) is -1.22. The van der Waals surface area contributed by atoms with E-state index in [-0.39, 0.29) is 11.4 Å². The molecule has 2 amide bonds. The lowest BCUT2D eigenvalue weighted by molar-refractivity contribution is -0.143. The minimum absolute atomic E-state index is 0.125. The van der Waals surface area contributed by atoms with Gasteiger partial charge in [0.15, 0.2) is 0 Å². The quantitative estimate of drug-likeness (QED) is 0.771. The molecule has 2 rings (SSSR count). The van der Waals surface area contributed by atoms with Crippen molar-refractivity contribution in [2.75, 3.05) is 33.4 Å². The van der Waals surface area contributed by atoms with E-state index in [1.807, 2.05) is 0 Å². The molecule has 1 heterocycles. The lowest BCUT2D eigenvalue weighted by Gasteiger charge is -2.31. The topological polar surface area (TPSA) is 78.9 Å². The van der Waals surface area contributed by atoms with Gasteiger partial charge in [0.1, 0.15) is 0 Å². The number of rotatable bonds is 6. The Morgan fingerprint density at radius 1 is 1.45 bits per heavy atom. The van der Waals surface area contributed by atoms with Crippen molar-refractivity contribution in [3.63, 3.8) is 0 Å². The van der Waals surface area contributed by atoms with Gasteiger partial charge in [0.25, 0.3) is 0 Å². The molecule has 0 bridgehead atoms. The monoisotopic (exact) mass is 284 g/mol. The Balaban J connectivity index is 1.76. The molecule has 1 aliphatic heterocycles. The molecule has 2 aliphatic rings. The number of nitrogens with zero attached hydrogens (tertiary/aromatic N) is 1. The Morgan fingerprint density at radius 2 is 2.20 bits per heavy atom. The Labute approximate surface area is 119 Å². The summed E-state index contributed by atoms with van der Waals surface area (Å²) in [4.78, 5) is 24.7. The van der Waals surface area contributed by atoms with Crippen LogP contribution in [0.1, 0.15) is 32.1 Å². The molecule has 0 aromatic carbocycles. The van der Waals surface area contributed by atoms with Crippen LogP contribution in [0.25, 0.3) is 0 Å². The fourth-order valence-electron chi connectivity index (χ4n) is 2.75. The fraction of sp³-hybridized carbons (Fsp3) is 0.857. The highest BCUT2D eigenvalue weighted by Gasteiger charge is 2.42. The number of amides is 2. The summed E-state index contributed by atoms with van der Waals surface area (Å²) in [6, 6.07) is -0.125. The van der Waals surface area contributed by atoms with Gasteiger partial charge in [-0.25, -0.2) is 4.79 Å². The number of nitrogens with one attached hydrogen (secondary N) is 1. The summed E-state index contributed by atoms with van der Waals surface area (Å²) in [5, 5.41) is 12.0. The SMILES string of the molecule is COCCC1(CNC(=O)N2CCCC(C(=O)O)C2)CC1. The van der Waals surface area contributed by atoms with Crippen LogP contribution in [0.3, 0.4) is 0 Å². The number of carbonyl (C=O) groups is 2. The van der Waals surface area contributed by atoms with E-state index in [0.717, 1.165) is 32.3 Å². The number of hydrogen-bond acceptors (Lipinski definition) is 3. The van der Waals surface area contributed by atoms with Crippen LogP contribution in [0.2, 0.25) is 0 Å². The predicted octanol–water partition coefficient (Wildman–Crippen LogP) is 1.31. The molecule has 114 valence electrons. The van der Waals surface area contributed by atoms with Crippen LogP contribution in [-0.4, -0.2) is 55.4 Å². The number of aliphatic carboxylic acids is 1. The van der Waals surface area contributed by atoms with Gasteiger partial charge >= 0.3 is 12.0 Å². The van der Waals surface area contributed by atoms with Crippen LogP contribution < -0.4 is 5.32 Å². The Morgan fingerprint density at radius 3 is 2.80 bits per heavy atom. The third-order valence-electron chi connectivity index (χ3n) is 4.47. The van der Waals surface area contributed by atoms with Crippen LogP contribution >= 0.6 is 0 Å². The number of carbonyl (C=O) groups excluding carboxylic acids is 1. The second-order valence-electron chi connectivity index (χ2n) is 6.02. The zero-order valence-electron chi connectivity index (χ0n) is 12.1. The largest absolute Gasteiger partial charge is 0.481 e. The molecule has 0 spiro atoms. The van der Waals surface area contributed by atoms with E-state index in [1.54, 1.807) is 12.0 Å². The number of urea groups is 1. The van der Waals surface area contributed by atoms with Gasteiger partial charge < -0.3 is 20.1 Å². The van der Waals surface area contributed by atoms with Crippen molar-refractivity contribution in [2.45, 2.75) is 32.1 Å². The maximum absolute atomic E-state index is 12.1. The summed E-state index contributed by atoms with van der Waals surface area (Å²) >= 11 is 0. The molecule has 0 aromatic rings. The molecule has 20 heavy (non-hydrogen) atoms.